The maximum absolute atomic E-state index is 5.91. The van der Waals surface area contributed by atoms with Gasteiger partial charge in [0.05, 0.1) is 23.8 Å². The fourth-order valence-corrected chi connectivity index (χ4v) is 1.62. The maximum Gasteiger partial charge on any atom is 0.156 e. The fraction of sp³-hybridized carbons (Fsp3) is 0. The molecule has 0 radical (unpaired) electrons. The topological polar surface area (TPSA) is 69.9 Å². The van der Waals surface area contributed by atoms with Crippen molar-refractivity contribution < 1.29 is 4.42 Å². The maximum atomic E-state index is 5.91. The Morgan fingerprint density at radius 3 is 2.71 bits per heavy atom. The molecule has 3 aromatic rings. The summed E-state index contributed by atoms with van der Waals surface area (Å²) in [6, 6.07) is 7.35. The van der Waals surface area contributed by atoms with E-state index in [0.717, 1.165) is 5.69 Å². The standard InChI is InChI=1S/C12H10N4O/c13-10-8-16(9-3-5-14-6-4-9)15-12(10)11-2-1-7-17-11/h1-8H,13H2. The molecule has 0 aromatic carbocycles. The zero-order valence-electron chi connectivity index (χ0n) is 8.95. The monoisotopic (exact) mass is 226 g/mol. The van der Waals surface area contributed by atoms with Crippen molar-refractivity contribution >= 4 is 5.69 Å². The number of nitrogens with zero attached hydrogens (tertiary/aromatic N) is 3. The number of pyridine rings is 1. The minimum Gasteiger partial charge on any atom is -0.463 e. The third kappa shape index (κ3) is 1.67. The highest BCUT2D eigenvalue weighted by molar-refractivity contribution is 5.68. The third-order valence-corrected chi connectivity index (χ3v) is 2.42. The van der Waals surface area contributed by atoms with E-state index < -0.39 is 0 Å². The van der Waals surface area contributed by atoms with Crippen molar-refractivity contribution in [2.24, 2.45) is 0 Å². The average Bonchev–Trinajstić information content (AvgIpc) is 2.99. The zero-order chi connectivity index (χ0) is 11.7. The highest BCUT2D eigenvalue weighted by atomic mass is 16.3. The van der Waals surface area contributed by atoms with Crippen molar-refractivity contribution in [1.29, 1.82) is 0 Å². The largest absolute Gasteiger partial charge is 0.463 e. The number of aromatic nitrogens is 3. The molecule has 3 rings (SSSR count). The first-order valence-corrected chi connectivity index (χ1v) is 5.14. The molecule has 84 valence electrons. The first kappa shape index (κ1) is 9.65. The van der Waals surface area contributed by atoms with Crippen LogP contribution < -0.4 is 5.73 Å². The van der Waals surface area contributed by atoms with Gasteiger partial charge in [-0.05, 0) is 24.3 Å². The summed E-state index contributed by atoms with van der Waals surface area (Å²) in [5.74, 6) is 0.662. The lowest BCUT2D eigenvalue weighted by atomic mass is 10.3. The second-order valence-electron chi connectivity index (χ2n) is 3.56. The quantitative estimate of drug-likeness (QED) is 0.726. The van der Waals surface area contributed by atoms with Crippen LogP contribution in [-0.2, 0) is 0 Å². The van der Waals surface area contributed by atoms with Crippen LogP contribution >= 0.6 is 0 Å². The third-order valence-electron chi connectivity index (χ3n) is 2.42. The van der Waals surface area contributed by atoms with Crippen molar-refractivity contribution in [2.75, 3.05) is 5.73 Å². The van der Waals surface area contributed by atoms with Crippen LogP contribution in [0.3, 0.4) is 0 Å². The summed E-state index contributed by atoms with van der Waals surface area (Å²) in [5, 5.41) is 4.39. The van der Waals surface area contributed by atoms with Crippen molar-refractivity contribution in [1.82, 2.24) is 14.8 Å². The number of nitrogen functional groups attached to an aromatic ring is 1. The Labute approximate surface area is 97.5 Å². The van der Waals surface area contributed by atoms with Gasteiger partial charge in [0.15, 0.2) is 11.5 Å². The minimum absolute atomic E-state index is 0.580. The van der Waals surface area contributed by atoms with Crippen LogP contribution in [0, 0.1) is 0 Å². The highest BCUT2D eigenvalue weighted by Gasteiger charge is 2.11. The second kappa shape index (κ2) is 3.79. The number of rotatable bonds is 2. The molecule has 0 bridgehead atoms. The molecule has 3 aromatic heterocycles. The molecule has 0 fully saturated rings. The lowest BCUT2D eigenvalue weighted by Gasteiger charge is -1.98. The normalized spacial score (nSPS) is 10.6. The van der Waals surface area contributed by atoms with Gasteiger partial charge in [0.2, 0.25) is 0 Å². The van der Waals surface area contributed by atoms with Gasteiger partial charge >= 0.3 is 0 Å². The summed E-state index contributed by atoms with van der Waals surface area (Å²) in [6.45, 7) is 0. The van der Waals surface area contributed by atoms with Crippen molar-refractivity contribution in [3.63, 3.8) is 0 Å². The van der Waals surface area contributed by atoms with Gasteiger partial charge in [0.1, 0.15) is 0 Å². The van der Waals surface area contributed by atoms with Crippen molar-refractivity contribution in [3.8, 4) is 17.1 Å². The Kier molecular flexibility index (Phi) is 2.15. The van der Waals surface area contributed by atoms with Crippen LogP contribution in [0.5, 0.6) is 0 Å². The number of nitrogens with two attached hydrogens (primary N) is 1. The van der Waals surface area contributed by atoms with Crippen LogP contribution in [0.1, 0.15) is 0 Å². The van der Waals surface area contributed by atoms with Gasteiger partial charge in [-0.25, -0.2) is 4.68 Å². The van der Waals surface area contributed by atoms with Gasteiger partial charge < -0.3 is 10.2 Å². The molecule has 2 N–H and O–H groups in total. The molecule has 0 atom stereocenters. The lowest BCUT2D eigenvalue weighted by Crippen LogP contribution is -1.94. The van der Waals surface area contributed by atoms with E-state index in [1.165, 1.54) is 0 Å². The second-order valence-corrected chi connectivity index (χ2v) is 3.56. The number of hydrogen-bond donors (Lipinski definition) is 1. The molecule has 0 saturated heterocycles. The van der Waals surface area contributed by atoms with Crippen LogP contribution in [0.4, 0.5) is 5.69 Å². The van der Waals surface area contributed by atoms with Crippen LogP contribution in [0.25, 0.3) is 17.1 Å². The summed E-state index contributed by atoms with van der Waals surface area (Å²) < 4.78 is 6.98. The van der Waals surface area contributed by atoms with Gasteiger partial charge in [-0.1, -0.05) is 0 Å². The van der Waals surface area contributed by atoms with E-state index in [1.54, 1.807) is 35.6 Å². The Morgan fingerprint density at radius 2 is 2.00 bits per heavy atom. The molecule has 0 aliphatic heterocycles. The van der Waals surface area contributed by atoms with Gasteiger partial charge in [-0.2, -0.15) is 5.10 Å². The molecule has 0 aliphatic rings. The van der Waals surface area contributed by atoms with Crippen molar-refractivity contribution in [3.05, 3.63) is 49.1 Å². The molecule has 0 saturated carbocycles. The van der Waals surface area contributed by atoms with E-state index in [9.17, 15) is 0 Å². The van der Waals surface area contributed by atoms with Gasteiger partial charge in [0, 0.05) is 12.4 Å². The summed E-state index contributed by atoms with van der Waals surface area (Å²) in [7, 11) is 0. The number of hydrogen-bond acceptors (Lipinski definition) is 4. The predicted octanol–water partition coefficient (Wildman–Crippen LogP) is 2.11. The molecule has 17 heavy (non-hydrogen) atoms. The molecule has 0 spiro atoms. The van der Waals surface area contributed by atoms with Gasteiger partial charge in [-0.15, -0.1) is 0 Å². The van der Waals surface area contributed by atoms with Crippen LogP contribution in [-0.4, -0.2) is 14.8 Å². The minimum atomic E-state index is 0.580. The summed E-state index contributed by atoms with van der Waals surface area (Å²) in [4.78, 5) is 3.96. The van der Waals surface area contributed by atoms with Gasteiger partial charge in [-0.3, -0.25) is 4.98 Å². The smallest absolute Gasteiger partial charge is 0.156 e. The first-order valence-electron chi connectivity index (χ1n) is 5.14. The number of furan rings is 1. The molecule has 0 unspecified atom stereocenters. The highest BCUT2D eigenvalue weighted by Crippen LogP contribution is 2.25. The van der Waals surface area contributed by atoms with Crippen molar-refractivity contribution in [2.45, 2.75) is 0 Å². The van der Waals surface area contributed by atoms with Gasteiger partial charge in [0.25, 0.3) is 0 Å². The number of anilines is 1. The summed E-state index contributed by atoms with van der Waals surface area (Å²) >= 11 is 0. The van der Waals surface area contributed by atoms with E-state index in [-0.39, 0.29) is 0 Å². The van der Waals surface area contributed by atoms with E-state index in [1.807, 2.05) is 18.2 Å². The summed E-state index contributed by atoms with van der Waals surface area (Å²) in [5.41, 5.74) is 8.04. The first-order chi connectivity index (χ1) is 8.34. The molecule has 5 heteroatoms. The summed E-state index contributed by atoms with van der Waals surface area (Å²) in [6.07, 6.45) is 6.77. The van der Waals surface area contributed by atoms with E-state index in [0.29, 0.717) is 17.1 Å². The van der Waals surface area contributed by atoms with Crippen LogP contribution in [0.15, 0.2) is 53.5 Å². The molecule has 5 nitrogen and oxygen atoms in total. The van der Waals surface area contributed by atoms with Crippen LogP contribution in [0.2, 0.25) is 0 Å². The fourth-order valence-electron chi connectivity index (χ4n) is 1.62. The Bertz CT molecular complexity index is 613. The molecular weight excluding hydrogens is 216 g/mol. The molecule has 3 heterocycles. The molecular formula is C12H10N4O. The van der Waals surface area contributed by atoms with E-state index in [4.69, 9.17) is 10.2 Å². The Hall–Kier alpha value is -2.56. The van der Waals surface area contributed by atoms with E-state index >= 15 is 0 Å². The average molecular weight is 226 g/mol. The predicted molar refractivity (Wildman–Crippen MR) is 63.5 cm³/mol. The SMILES string of the molecule is Nc1cn(-c2ccncc2)nc1-c1ccco1. The Balaban J connectivity index is 2.08. The molecule has 0 aliphatic carbocycles. The zero-order valence-corrected chi connectivity index (χ0v) is 8.95. The Morgan fingerprint density at radius 1 is 1.18 bits per heavy atom. The lowest BCUT2D eigenvalue weighted by molar-refractivity contribution is 0.579. The molecule has 0 amide bonds. The van der Waals surface area contributed by atoms with E-state index in [2.05, 4.69) is 10.1 Å².